The Morgan fingerprint density at radius 2 is 1.92 bits per heavy atom. The van der Waals surface area contributed by atoms with Gasteiger partial charge in [-0.3, -0.25) is 10.4 Å². The Bertz CT molecular complexity index is 151. The van der Waals surface area contributed by atoms with Crippen LogP contribution >= 0.6 is 11.9 Å². The molecule has 13 heavy (non-hydrogen) atoms. The van der Waals surface area contributed by atoms with Crippen molar-refractivity contribution in [3.05, 3.63) is 24.3 Å². The maximum absolute atomic E-state index is 8.19. The molecule has 0 saturated heterocycles. The Morgan fingerprint density at radius 3 is 2.00 bits per heavy atom. The van der Waals surface area contributed by atoms with Gasteiger partial charge in [0.25, 0.3) is 0 Å². The predicted molar refractivity (Wildman–Crippen MR) is 48.9 cm³/mol. The maximum atomic E-state index is 8.19. The third-order valence-corrected chi connectivity index (χ3v) is 1.28. The standard InChI is InChI=1S/C5H5.C4H9ClO.O.V/c1-2-4-5-3-1;1-4(2,3)6-5;;/h1-3H,4H2;1-3H3;;/q-1;;;. The second kappa shape index (κ2) is 10.2. The molecule has 0 amide bonds. The van der Waals surface area contributed by atoms with Crippen molar-refractivity contribution in [2.45, 2.75) is 32.8 Å². The van der Waals surface area contributed by atoms with Gasteiger partial charge in [-0.05, 0) is 20.8 Å². The van der Waals surface area contributed by atoms with E-state index in [9.17, 15) is 0 Å². The van der Waals surface area contributed by atoms with Gasteiger partial charge >= 0.3 is 21.0 Å². The minimum atomic E-state index is -0.193. The molecule has 0 bridgehead atoms. The summed E-state index contributed by atoms with van der Waals surface area (Å²) in [7, 11) is 0. The SMILES string of the molecule is CC(C)(C)OCl.[C-]1=CC=CC1.[O]=[V]. The molecule has 0 aromatic rings. The van der Waals surface area contributed by atoms with E-state index in [1.807, 2.05) is 32.9 Å². The first-order valence-electron chi connectivity index (χ1n) is 3.76. The average molecular weight is 241 g/mol. The minimum absolute atomic E-state index is 0.193. The van der Waals surface area contributed by atoms with Gasteiger partial charge in [-0.1, -0.05) is 0 Å². The summed E-state index contributed by atoms with van der Waals surface area (Å²) < 4.78 is 12.6. The van der Waals surface area contributed by atoms with E-state index in [-0.39, 0.29) is 5.60 Å². The van der Waals surface area contributed by atoms with Gasteiger partial charge in [0.05, 0.1) is 17.5 Å². The number of hydrogen-bond donors (Lipinski definition) is 0. The van der Waals surface area contributed by atoms with Crippen molar-refractivity contribution < 1.29 is 25.3 Å². The van der Waals surface area contributed by atoms with Crippen LogP contribution in [0.1, 0.15) is 27.2 Å². The van der Waals surface area contributed by atoms with Gasteiger partial charge in [-0.2, -0.15) is 6.08 Å². The molecule has 0 spiro atoms. The zero-order valence-corrected chi connectivity index (χ0v) is 10.2. The van der Waals surface area contributed by atoms with Crippen molar-refractivity contribution in [1.82, 2.24) is 0 Å². The third-order valence-electron chi connectivity index (χ3n) is 0.817. The molecule has 0 heterocycles. The van der Waals surface area contributed by atoms with E-state index in [1.54, 1.807) is 0 Å². The molecule has 0 unspecified atom stereocenters. The first-order valence-corrected chi connectivity index (χ1v) is 4.64. The van der Waals surface area contributed by atoms with Crippen LogP contribution < -0.4 is 0 Å². The van der Waals surface area contributed by atoms with Crippen LogP contribution in [0.15, 0.2) is 18.2 Å². The number of allylic oxidation sites excluding steroid dienone is 4. The van der Waals surface area contributed by atoms with Crippen molar-refractivity contribution in [2.75, 3.05) is 0 Å². The molecule has 0 saturated carbocycles. The van der Waals surface area contributed by atoms with Crippen LogP contribution in [0.2, 0.25) is 0 Å². The fraction of sp³-hybridized carbons (Fsp3) is 0.556. The normalized spacial score (nSPS) is 12.5. The molecule has 0 fully saturated rings. The second-order valence-electron chi connectivity index (χ2n) is 3.19. The molecule has 0 aliphatic heterocycles. The monoisotopic (exact) mass is 240 g/mol. The number of rotatable bonds is 0. The summed E-state index contributed by atoms with van der Waals surface area (Å²) in [6, 6.07) is 0. The van der Waals surface area contributed by atoms with Gasteiger partial charge in [0.15, 0.2) is 0 Å². The predicted octanol–water partition coefficient (Wildman–Crippen LogP) is 3.14. The molecule has 75 valence electrons. The summed E-state index contributed by atoms with van der Waals surface area (Å²) in [5.41, 5.74) is -0.193. The van der Waals surface area contributed by atoms with E-state index >= 15 is 0 Å². The third kappa shape index (κ3) is 18.8. The molecule has 0 aromatic carbocycles. The molecular formula is C9H14ClO2V-. The molecule has 0 aromatic heterocycles. The quantitative estimate of drug-likeness (QED) is 0.608. The van der Waals surface area contributed by atoms with Crippen molar-refractivity contribution in [3.63, 3.8) is 0 Å². The van der Waals surface area contributed by atoms with Crippen LogP contribution in [0.25, 0.3) is 0 Å². The van der Waals surface area contributed by atoms with Crippen LogP contribution in [0.4, 0.5) is 0 Å². The second-order valence-corrected chi connectivity index (χ2v) is 3.35. The zero-order valence-electron chi connectivity index (χ0n) is 8.08. The van der Waals surface area contributed by atoms with E-state index in [0.717, 1.165) is 23.8 Å². The van der Waals surface area contributed by atoms with Crippen molar-refractivity contribution in [2.24, 2.45) is 0 Å². The Kier molecular flexibility index (Phi) is 12.2. The van der Waals surface area contributed by atoms with Crippen molar-refractivity contribution >= 4 is 11.9 Å². The summed E-state index contributed by atoms with van der Waals surface area (Å²) in [5.74, 6) is 0. The summed E-state index contributed by atoms with van der Waals surface area (Å²) in [6.45, 7) is 5.67. The number of hydrogen-bond acceptors (Lipinski definition) is 2. The van der Waals surface area contributed by atoms with E-state index in [1.165, 1.54) is 0 Å². The van der Waals surface area contributed by atoms with Crippen LogP contribution in [-0.2, 0) is 25.3 Å². The van der Waals surface area contributed by atoms with Gasteiger partial charge in [-0.25, -0.2) is 12.2 Å². The fourth-order valence-corrected chi connectivity index (χ4v) is 0.340. The van der Waals surface area contributed by atoms with Crippen LogP contribution in [0.5, 0.6) is 0 Å². The molecule has 1 aliphatic carbocycles. The van der Waals surface area contributed by atoms with Gasteiger partial charge in [0, 0.05) is 0 Å². The first-order chi connectivity index (χ1) is 6.06. The molecule has 0 atom stereocenters. The Hall–Kier alpha value is 0.114. The fourth-order valence-electron chi connectivity index (χ4n) is 0.340. The van der Waals surface area contributed by atoms with Gasteiger partial charge < -0.3 is 0 Å². The van der Waals surface area contributed by atoms with Gasteiger partial charge in [0.1, 0.15) is 0 Å². The van der Waals surface area contributed by atoms with Crippen molar-refractivity contribution in [3.8, 4) is 0 Å². The average Bonchev–Trinajstić information content (AvgIpc) is 2.64. The molecular weight excluding hydrogens is 226 g/mol. The topological polar surface area (TPSA) is 26.3 Å². The Labute approximate surface area is 94.4 Å². The van der Waals surface area contributed by atoms with Gasteiger partial charge in [0.2, 0.25) is 0 Å². The summed E-state index contributed by atoms with van der Waals surface area (Å²) >= 11 is 6.04. The van der Waals surface area contributed by atoms with Crippen LogP contribution in [-0.4, -0.2) is 5.60 Å². The van der Waals surface area contributed by atoms with E-state index in [4.69, 9.17) is 15.5 Å². The Balaban J connectivity index is 0. The Morgan fingerprint density at radius 1 is 1.46 bits per heavy atom. The van der Waals surface area contributed by atoms with E-state index < -0.39 is 0 Å². The van der Waals surface area contributed by atoms with E-state index in [2.05, 4.69) is 16.4 Å². The first kappa shape index (κ1) is 15.6. The summed E-state index contributed by atoms with van der Waals surface area (Å²) in [6.07, 6.45) is 10.0. The molecule has 0 radical (unpaired) electrons. The number of halogens is 1. The molecule has 1 rings (SSSR count). The molecule has 0 N–H and O–H groups in total. The summed E-state index contributed by atoms with van der Waals surface area (Å²) in [5, 5.41) is 0. The van der Waals surface area contributed by atoms with Gasteiger partial charge in [-0.15, -0.1) is 6.42 Å². The van der Waals surface area contributed by atoms with Crippen molar-refractivity contribution in [1.29, 1.82) is 0 Å². The zero-order chi connectivity index (χ0) is 10.7. The molecule has 4 heteroatoms. The summed E-state index contributed by atoms with van der Waals surface area (Å²) in [4.78, 5) is 0. The van der Waals surface area contributed by atoms with Crippen LogP contribution in [0, 0.1) is 6.08 Å². The van der Waals surface area contributed by atoms with Crippen LogP contribution in [0.3, 0.4) is 0 Å². The van der Waals surface area contributed by atoms with E-state index in [0.29, 0.717) is 0 Å². The molecule has 2 nitrogen and oxygen atoms in total. The molecule has 1 aliphatic rings.